The van der Waals surface area contributed by atoms with Crippen LogP contribution in [0.2, 0.25) is 0 Å². The normalized spacial score (nSPS) is 16.6. The molecule has 1 aromatic carbocycles. The molecule has 28 heavy (non-hydrogen) atoms. The number of hydrogen-bond donors (Lipinski definition) is 2. The zero-order valence-corrected chi connectivity index (χ0v) is 16.2. The van der Waals surface area contributed by atoms with Crippen molar-refractivity contribution in [2.75, 3.05) is 19.8 Å². The van der Waals surface area contributed by atoms with Gasteiger partial charge < -0.3 is 15.8 Å². The number of urea groups is 1. The summed E-state index contributed by atoms with van der Waals surface area (Å²) in [6, 6.07) is 7.92. The van der Waals surface area contributed by atoms with Crippen molar-refractivity contribution in [2.45, 2.75) is 32.6 Å². The average molecular weight is 379 g/mol. The van der Waals surface area contributed by atoms with Gasteiger partial charge >= 0.3 is 6.03 Å². The number of nitrogens with one attached hydrogen (secondary N) is 1. The van der Waals surface area contributed by atoms with E-state index in [2.05, 4.69) is 45.2 Å². The first-order valence-corrected chi connectivity index (χ1v) is 9.59. The predicted octanol–water partition coefficient (Wildman–Crippen LogP) is 2.73. The third-order valence-electron chi connectivity index (χ3n) is 5.18. The standard InChI is InChI=1S/C21H25N5O2/c1-13-11-26-19(16-5-3-15(4-6-16)7-9-23-21(22)27)18(17-8-10-28-12-17)25-20(26)14(2)24-13/h3-6,11,17H,7-10,12H2,1-2H3,(H3,22,23,27). The number of fused-ring (bicyclic) bond motifs is 1. The second kappa shape index (κ2) is 7.59. The molecule has 1 fully saturated rings. The quantitative estimate of drug-likeness (QED) is 0.713. The van der Waals surface area contributed by atoms with Gasteiger partial charge in [-0.1, -0.05) is 24.3 Å². The summed E-state index contributed by atoms with van der Waals surface area (Å²) in [6.45, 7) is 6.02. The SMILES string of the molecule is Cc1cn2c(-c3ccc(CCNC(N)=O)cc3)c(C3CCOC3)nc2c(C)n1. The van der Waals surface area contributed by atoms with Gasteiger partial charge in [-0.15, -0.1) is 0 Å². The Morgan fingerprint density at radius 3 is 2.75 bits per heavy atom. The van der Waals surface area contributed by atoms with Crippen LogP contribution in [0.3, 0.4) is 0 Å². The Labute approximate surface area is 163 Å². The van der Waals surface area contributed by atoms with Crippen molar-refractivity contribution < 1.29 is 9.53 Å². The molecule has 7 nitrogen and oxygen atoms in total. The van der Waals surface area contributed by atoms with Gasteiger partial charge in [-0.3, -0.25) is 9.38 Å². The lowest BCUT2D eigenvalue weighted by molar-refractivity contribution is 0.193. The minimum atomic E-state index is -0.495. The topological polar surface area (TPSA) is 94.5 Å². The molecule has 146 valence electrons. The second-order valence-corrected chi connectivity index (χ2v) is 7.31. The van der Waals surface area contributed by atoms with Crippen LogP contribution in [-0.2, 0) is 11.2 Å². The monoisotopic (exact) mass is 379 g/mol. The highest BCUT2D eigenvalue weighted by Gasteiger charge is 2.26. The van der Waals surface area contributed by atoms with Gasteiger partial charge in [0.25, 0.3) is 0 Å². The van der Waals surface area contributed by atoms with Gasteiger partial charge in [-0.25, -0.2) is 9.78 Å². The van der Waals surface area contributed by atoms with E-state index in [1.165, 1.54) is 0 Å². The largest absolute Gasteiger partial charge is 0.381 e. The molecule has 0 saturated carbocycles. The number of nitrogens with two attached hydrogens (primary N) is 1. The van der Waals surface area contributed by atoms with Crippen molar-refractivity contribution in [1.29, 1.82) is 0 Å². The Morgan fingerprint density at radius 2 is 2.07 bits per heavy atom. The van der Waals surface area contributed by atoms with E-state index >= 15 is 0 Å². The molecule has 0 spiro atoms. The van der Waals surface area contributed by atoms with Gasteiger partial charge in [-0.2, -0.15) is 0 Å². The molecule has 2 aromatic heterocycles. The highest BCUT2D eigenvalue weighted by Crippen LogP contribution is 2.35. The molecule has 1 unspecified atom stereocenters. The van der Waals surface area contributed by atoms with Gasteiger partial charge in [0.05, 0.1) is 29.4 Å². The number of carbonyl (C=O) groups is 1. The first-order valence-electron chi connectivity index (χ1n) is 9.59. The van der Waals surface area contributed by atoms with E-state index in [4.69, 9.17) is 15.5 Å². The fourth-order valence-corrected chi connectivity index (χ4v) is 3.84. The predicted molar refractivity (Wildman–Crippen MR) is 107 cm³/mol. The lowest BCUT2D eigenvalue weighted by atomic mass is 9.98. The van der Waals surface area contributed by atoms with Crippen LogP contribution in [0.1, 0.15) is 35.0 Å². The molecule has 0 aliphatic carbocycles. The molecule has 2 amide bonds. The molecule has 1 saturated heterocycles. The van der Waals surface area contributed by atoms with Crippen molar-refractivity contribution in [3.8, 4) is 11.3 Å². The van der Waals surface area contributed by atoms with E-state index < -0.39 is 6.03 Å². The fourth-order valence-electron chi connectivity index (χ4n) is 3.84. The number of amides is 2. The molecule has 3 aromatic rings. The number of nitrogens with zero attached hydrogens (tertiary/aromatic N) is 3. The van der Waals surface area contributed by atoms with Crippen LogP contribution in [0.25, 0.3) is 16.9 Å². The van der Waals surface area contributed by atoms with E-state index in [0.717, 1.165) is 59.0 Å². The molecule has 0 radical (unpaired) electrons. The van der Waals surface area contributed by atoms with Gasteiger partial charge in [0, 0.05) is 30.8 Å². The number of primary amides is 1. The molecule has 1 aliphatic rings. The molecule has 4 rings (SSSR count). The van der Waals surface area contributed by atoms with Crippen LogP contribution in [-0.4, -0.2) is 40.2 Å². The highest BCUT2D eigenvalue weighted by molar-refractivity contribution is 5.71. The number of aromatic nitrogens is 3. The molecule has 3 heterocycles. The number of carbonyl (C=O) groups excluding carboxylic acids is 1. The van der Waals surface area contributed by atoms with Crippen molar-refractivity contribution in [3.63, 3.8) is 0 Å². The smallest absolute Gasteiger partial charge is 0.312 e. The van der Waals surface area contributed by atoms with Crippen molar-refractivity contribution in [3.05, 3.63) is 53.1 Å². The Kier molecular flexibility index (Phi) is 5.00. The van der Waals surface area contributed by atoms with Gasteiger partial charge in [0.2, 0.25) is 0 Å². The maximum atomic E-state index is 10.8. The van der Waals surface area contributed by atoms with E-state index in [1.807, 2.05) is 13.8 Å². The number of ether oxygens (including phenoxy) is 1. The van der Waals surface area contributed by atoms with Crippen LogP contribution >= 0.6 is 0 Å². The Balaban J connectivity index is 1.74. The zero-order valence-electron chi connectivity index (χ0n) is 16.2. The van der Waals surface area contributed by atoms with Crippen molar-refractivity contribution in [1.82, 2.24) is 19.7 Å². The second-order valence-electron chi connectivity index (χ2n) is 7.31. The van der Waals surface area contributed by atoms with Gasteiger partial charge in [-0.05, 0) is 32.3 Å². The van der Waals surface area contributed by atoms with Crippen LogP contribution in [0.15, 0.2) is 30.5 Å². The minimum absolute atomic E-state index is 0.300. The summed E-state index contributed by atoms with van der Waals surface area (Å²) in [5, 5.41) is 2.62. The average Bonchev–Trinajstić information content (AvgIpc) is 3.29. The number of hydrogen-bond acceptors (Lipinski definition) is 4. The van der Waals surface area contributed by atoms with Crippen LogP contribution in [0, 0.1) is 13.8 Å². The van der Waals surface area contributed by atoms with Gasteiger partial charge in [0.1, 0.15) is 0 Å². The number of aryl methyl sites for hydroxylation is 2. The molecular formula is C21H25N5O2. The molecule has 1 atom stereocenters. The van der Waals surface area contributed by atoms with Crippen molar-refractivity contribution >= 4 is 11.7 Å². The third-order valence-corrected chi connectivity index (χ3v) is 5.18. The van der Waals surface area contributed by atoms with Crippen LogP contribution < -0.4 is 11.1 Å². The van der Waals surface area contributed by atoms with E-state index in [1.54, 1.807) is 0 Å². The van der Waals surface area contributed by atoms with E-state index in [0.29, 0.717) is 19.1 Å². The molecular weight excluding hydrogens is 354 g/mol. The summed E-state index contributed by atoms with van der Waals surface area (Å²) in [7, 11) is 0. The van der Waals surface area contributed by atoms with E-state index in [9.17, 15) is 4.79 Å². The summed E-state index contributed by atoms with van der Waals surface area (Å²) < 4.78 is 7.79. The summed E-state index contributed by atoms with van der Waals surface area (Å²) in [4.78, 5) is 20.4. The lowest BCUT2D eigenvalue weighted by Gasteiger charge is -2.11. The summed E-state index contributed by atoms with van der Waals surface area (Å²) in [6.07, 6.45) is 3.77. The van der Waals surface area contributed by atoms with E-state index in [-0.39, 0.29) is 0 Å². The highest BCUT2D eigenvalue weighted by atomic mass is 16.5. The molecule has 7 heteroatoms. The maximum absolute atomic E-state index is 10.8. The summed E-state index contributed by atoms with van der Waals surface area (Å²) in [5.74, 6) is 0.300. The van der Waals surface area contributed by atoms with Crippen LogP contribution in [0.4, 0.5) is 4.79 Å². The summed E-state index contributed by atoms with van der Waals surface area (Å²) in [5.41, 5.74) is 12.4. The first kappa shape index (κ1) is 18.4. The molecule has 0 bridgehead atoms. The number of rotatable bonds is 5. The maximum Gasteiger partial charge on any atom is 0.312 e. The zero-order chi connectivity index (χ0) is 19.7. The lowest BCUT2D eigenvalue weighted by Crippen LogP contribution is -2.30. The Morgan fingerprint density at radius 1 is 1.29 bits per heavy atom. The Bertz CT molecular complexity index is 1000. The fraction of sp³-hybridized carbons (Fsp3) is 0.381. The summed E-state index contributed by atoms with van der Waals surface area (Å²) >= 11 is 0. The van der Waals surface area contributed by atoms with Crippen LogP contribution in [0.5, 0.6) is 0 Å². The first-order chi connectivity index (χ1) is 13.5. The molecule has 3 N–H and O–H groups in total. The molecule has 1 aliphatic heterocycles. The Hall–Kier alpha value is -2.93. The van der Waals surface area contributed by atoms with Crippen molar-refractivity contribution in [2.24, 2.45) is 5.73 Å². The number of benzene rings is 1. The van der Waals surface area contributed by atoms with Gasteiger partial charge in [0.15, 0.2) is 5.65 Å². The number of imidazole rings is 1. The third kappa shape index (κ3) is 3.57. The minimum Gasteiger partial charge on any atom is -0.381 e.